The highest BCUT2D eigenvalue weighted by Crippen LogP contribution is 2.34. The minimum atomic E-state index is 0.386. The Hall–Kier alpha value is -2.80. The Balaban J connectivity index is 1.45. The number of thiophene rings is 1. The van der Waals surface area contributed by atoms with Gasteiger partial charge >= 0.3 is 0 Å². The third-order valence-corrected chi connectivity index (χ3v) is 6.51. The SMILES string of the molecule is CC(C)n1cnnc1C1CCN(c2nc(-c3cccs3)nc3ccccc23)CC1. The molecule has 1 aromatic carbocycles. The first-order chi connectivity index (χ1) is 14.2. The molecular formula is C22H24N6S. The summed E-state index contributed by atoms with van der Waals surface area (Å²) >= 11 is 1.68. The Morgan fingerprint density at radius 1 is 1.03 bits per heavy atom. The van der Waals surface area contributed by atoms with E-state index in [-0.39, 0.29) is 0 Å². The highest BCUT2D eigenvalue weighted by atomic mass is 32.1. The number of hydrogen-bond donors (Lipinski definition) is 0. The molecule has 0 N–H and O–H groups in total. The van der Waals surface area contributed by atoms with Crippen molar-refractivity contribution in [2.24, 2.45) is 0 Å². The summed E-state index contributed by atoms with van der Waals surface area (Å²) in [5.41, 5.74) is 1.00. The lowest BCUT2D eigenvalue weighted by atomic mass is 9.95. The number of anilines is 1. The lowest BCUT2D eigenvalue weighted by Gasteiger charge is -2.33. The van der Waals surface area contributed by atoms with Gasteiger partial charge in [-0.05, 0) is 50.3 Å². The molecule has 4 aromatic rings. The molecule has 0 radical (unpaired) electrons. The zero-order valence-electron chi connectivity index (χ0n) is 16.7. The molecule has 0 amide bonds. The highest BCUT2D eigenvalue weighted by molar-refractivity contribution is 7.13. The van der Waals surface area contributed by atoms with Gasteiger partial charge in [-0.25, -0.2) is 9.97 Å². The number of benzene rings is 1. The Bertz CT molecular complexity index is 1110. The van der Waals surface area contributed by atoms with Gasteiger partial charge in [0, 0.05) is 30.4 Å². The second-order valence-electron chi connectivity index (χ2n) is 7.82. The second-order valence-corrected chi connectivity index (χ2v) is 8.76. The quantitative estimate of drug-likeness (QED) is 0.483. The van der Waals surface area contributed by atoms with Crippen molar-refractivity contribution >= 4 is 28.1 Å². The van der Waals surface area contributed by atoms with E-state index in [1.807, 2.05) is 12.4 Å². The van der Waals surface area contributed by atoms with Crippen LogP contribution in [0, 0.1) is 0 Å². The Morgan fingerprint density at radius 3 is 2.62 bits per heavy atom. The predicted octanol–water partition coefficient (Wildman–Crippen LogP) is 4.91. The van der Waals surface area contributed by atoms with Crippen molar-refractivity contribution in [1.82, 2.24) is 24.7 Å². The normalized spacial score (nSPS) is 15.5. The standard InChI is InChI=1S/C22H24N6S/c1-15(2)28-14-23-26-21(28)16-9-11-27(12-10-16)22-17-6-3-4-7-18(17)24-20(25-22)19-8-5-13-29-19/h3-8,13-16H,9-12H2,1-2H3. The number of aromatic nitrogens is 5. The van der Waals surface area contributed by atoms with Gasteiger partial charge in [0.1, 0.15) is 18.0 Å². The highest BCUT2D eigenvalue weighted by Gasteiger charge is 2.27. The fourth-order valence-corrected chi connectivity index (χ4v) is 4.77. The predicted molar refractivity (Wildman–Crippen MR) is 117 cm³/mol. The molecule has 0 saturated carbocycles. The lowest BCUT2D eigenvalue weighted by Crippen LogP contribution is -2.34. The summed E-state index contributed by atoms with van der Waals surface area (Å²) in [5, 5.41) is 11.8. The summed E-state index contributed by atoms with van der Waals surface area (Å²) in [7, 11) is 0. The molecule has 6 nitrogen and oxygen atoms in total. The molecule has 3 aromatic heterocycles. The molecule has 0 unspecified atom stereocenters. The molecule has 4 heterocycles. The van der Waals surface area contributed by atoms with E-state index in [0.717, 1.165) is 59.2 Å². The van der Waals surface area contributed by atoms with Crippen LogP contribution < -0.4 is 4.90 Å². The maximum atomic E-state index is 4.99. The van der Waals surface area contributed by atoms with Crippen LogP contribution in [-0.4, -0.2) is 37.8 Å². The van der Waals surface area contributed by atoms with E-state index in [2.05, 4.69) is 69.2 Å². The van der Waals surface area contributed by atoms with Crippen molar-refractivity contribution < 1.29 is 0 Å². The molecule has 1 saturated heterocycles. The van der Waals surface area contributed by atoms with Crippen LogP contribution >= 0.6 is 11.3 Å². The molecule has 0 aliphatic carbocycles. The molecule has 0 spiro atoms. The van der Waals surface area contributed by atoms with E-state index in [4.69, 9.17) is 9.97 Å². The number of hydrogen-bond acceptors (Lipinski definition) is 6. The van der Waals surface area contributed by atoms with Gasteiger partial charge in [0.15, 0.2) is 5.82 Å². The van der Waals surface area contributed by atoms with Crippen LogP contribution in [0.4, 0.5) is 5.82 Å². The van der Waals surface area contributed by atoms with E-state index >= 15 is 0 Å². The van der Waals surface area contributed by atoms with Crippen LogP contribution in [0.25, 0.3) is 21.6 Å². The van der Waals surface area contributed by atoms with E-state index < -0.39 is 0 Å². The fourth-order valence-electron chi connectivity index (χ4n) is 4.11. The molecule has 1 fully saturated rings. The molecule has 1 aliphatic heterocycles. The van der Waals surface area contributed by atoms with Crippen molar-refractivity contribution in [1.29, 1.82) is 0 Å². The van der Waals surface area contributed by atoms with Gasteiger partial charge in [-0.2, -0.15) is 0 Å². The van der Waals surface area contributed by atoms with Gasteiger partial charge in [0.2, 0.25) is 0 Å². The van der Waals surface area contributed by atoms with Crippen LogP contribution in [0.3, 0.4) is 0 Å². The number of piperidine rings is 1. The molecule has 148 valence electrons. The summed E-state index contributed by atoms with van der Waals surface area (Å²) in [6.45, 7) is 6.28. The lowest BCUT2D eigenvalue weighted by molar-refractivity contribution is 0.448. The van der Waals surface area contributed by atoms with Crippen LogP contribution in [0.15, 0.2) is 48.1 Å². The topological polar surface area (TPSA) is 59.7 Å². The molecular weight excluding hydrogens is 380 g/mol. The maximum Gasteiger partial charge on any atom is 0.172 e. The summed E-state index contributed by atoms with van der Waals surface area (Å²) in [4.78, 5) is 13.3. The van der Waals surface area contributed by atoms with Crippen molar-refractivity contribution in [3.63, 3.8) is 0 Å². The van der Waals surface area contributed by atoms with Gasteiger partial charge in [-0.3, -0.25) is 0 Å². The third-order valence-electron chi connectivity index (χ3n) is 5.64. The van der Waals surface area contributed by atoms with Gasteiger partial charge in [0.05, 0.1) is 10.4 Å². The van der Waals surface area contributed by atoms with E-state index in [0.29, 0.717) is 12.0 Å². The van der Waals surface area contributed by atoms with Gasteiger partial charge in [0.25, 0.3) is 0 Å². The second kappa shape index (κ2) is 7.55. The van der Waals surface area contributed by atoms with Crippen LogP contribution in [-0.2, 0) is 0 Å². The number of fused-ring (bicyclic) bond motifs is 1. The third kappa shape index (κ3) is 3.40. The van der Waals surface area contributed by atoms with E-state index in [1.54, 1.807) is 11.3 Å². The minimum Gasteiger partial charge on any atom is -0.356 e. The summed E-state index contributed by atoms with van der Waals surface area (Å²) < 4.78 is 2.20. The summed E-state index contributed by atoms with van der Waals surface area (Å²) in [5.74, 6) is 3.42. The molecule has 0 bridgehead atoms. The Morgan fingerprint density at radius 2 is 1.86 bits per heavy atom. The van der Waals surface area contributed by atoms with Gasteiger partial charge in [-0.15, -0.1) is 21.5 Å². The van der Waals surface area contributed by atoms with Gasteiger partial charge < -0.3 is 9.47 Å². The minimum absolute atomic E-state index is 0.386. The summed E-state index contributed by atoms with van der Waals surface area (Å²) in [6, 6.07) is 12.8. The van der Waals surface area contributed by atoms with E-state index in [1.165, 1.54) is 0 Å². The number of nitrogens with zero attached hydrogens (tertiary/aromatic N) is 6. The van der Waals surface area contributed by atoms with E-state index in [9.17, 15) is 0 Å². The molecule has 1 aliphatic rings. The first kappa shape index (κ1) is 18.2. The Kier molecular flexibility index (Phi) is 4.75. The largest absolute Gasteiger partial charge is 0.356 e. The summed E-state index contributed by atoms with van der Waals surface area (Å²) in [6.07, 6.45) is 3.97. The number of rotatable bonds is 4. The van der Waals surface area contributed by atoms with Crippen molar-refractivity contribution in [2.45, 2.75) is 38.6 Å². The zero-order chi connectivity index (χ0) is 19.8. The maximum absolute atomic E-state index is 4.99. The monoisotopic (exact) mass is 404 g/mol. The zero-order valence-corrected chi connectivity index (χ0v) is 17.5. The van der Waals surface area contributed by atoms with Crippen molar-refractivity contribution in [3.8, 4) is 10.7 Å². The van der Waals surface area contributed by atoms with Crippen LogP contribution in [0.1, 0.15) is 44.5 Å². The molecule has 5 rings (SSSR count). The number of para-hydroxylation sites is 1. The average molecular weight is 405 g/mol. The molecule has 29 heavy (non-hydrogen) atoms. The Labute approximate surface area is 174 Å². The fraction of sp³-hybridized carbons (Fsp3) is 0.364. The molecule has 7 heteroatoms. The first-order valence-electron chi connectivity index (χ1n) is 10.2. The van der Waals surface area contributed by atoms with Crippen molar-refractivity contribution in [2.75, 3.05) is 18.0 Å². The first-order valence-corrected chi connectivity index (χ1v) is 11.0. The average Bonchev–Trinajstić information content (AvgIpc) is 3.45. The van der Waals surface area contributed by atoms with Crippen LogP contribution in [0.2, 0.25) is 0 Å². The van der Waals surface area contributed by atoms with Crippen molar-refractivity contribution in [3.05, 3.63) is 53.9 Å². The smallest absolute Gasteiger partial charge is 0.172 e. The molecule has 0 atom stereocenters. The van der Waals surface area contributed by atoms with Gasteiger partial charge in [-0.1, -0.05) is 18.2 Å². The van der Waals surface area contributed by atoms with Crippen LogP contribution in [0.5, 0.6) is 0 Å².